The standard InChI is InChI=1S/C16H14FN7S/c17-11-3-1-10(2-4-11)13-8-24-16(21-13)25-15(22-24)20-12-5-6-14-18-9-19-23(14)7-12/h1-4,8-9,12H,5-7H2,(H,20,22). The summed E-state index contributed by atoms with van der Waals surface area (Å²) in [5.41, 5.74) is 1.66. The zero-order valence-electron chi connectivity index (χ0n) is 13.1. The van der Waals surface area contributed by atoms with Gasteiger partial charge in [0.25, 0.3) is 0 Å². The third kappa shape index (κ3) is 2.66. The average molecular weight is 355 g/mol. The highest BCUT2D eigenvalue weighted by molar-refractivity contribution is 7.20. The first-order chi connectivity index (χ1) is 12.2. The van der Waals surface area contributed by atoms with E-state index < -0.39 is 0 Å². The number of hydrogen-bond donors (Lipinski definition) is 1. The molecule has 0 bridgehead atoms. The van der Waals surface area contributed by atoms with E-state index in [0.717, 1.165) is 46.6 Å². The maximum Gasteiger partial charge on any atom is 0.214 e. The highest BCUT2D eigenvalue weighted by atomic mass is 32.1. The van der Waals surface area contributed by atoms with Crippen LogP contribution in [0, 0.1) is 5.82 Å². The Hall–Kier alpha value is -2.81. The molecular weight excluding hydrogens is 341 g/mol. The maximum atomic E-state index is 13.0. The molecule has 0 aliphatic carbocycles. The quantitative estimate of drug-likeness (QED) is 0.612. The van der Waals surface area contributed by atoms with Gasteiger partial charge in [-0.3, -0.25) is 0 Å². The minimum Gasteiger partial charge on any atom is -0.355 e. The average Bonchev–Trinajstić information content (AvgIpc) is 3.29. The van der Waals surface area contributed by atoms with Gasteiger partial charge in [-0.1, -0.05) is 11.3 Å². The summed E-state index contributed by atoms with van der Waals surface area (Å²) in [6, 6.07) is 6.59. The van der Waals surface area contributed by atoms with E-state index in [0.29, 0.717) is 0 Å². The predicted molar refractivity (Wildman–Crippen MR) is 92.0 cm³/mol. The van der Waals surface area contributed by atoms with Crippen LogP contribution in [0.15, 0.2) is 36.8 Å². The zero-order chi connectivity index (χ0) is 16.8. The normalized spacial score (nSPS) is 16.9. The Morgan fingerprint density at radius 1 is 1.24 bits per heavy atom. The van der Waals surface area contributed by atoms with Gasteiger partial charge in [0.2, 0.25) is 10.1 Å². The summed E-state index contributed by atoms with van der Waals surface area (Å²) in [5, 5.41) is 13.1. The van der Waals surface area contributed by atoms with Crippen LogP contribution in [0.5, 0.6) is 0 Å². The number of halogens is 1. The molecule has 1 atom stereocenters. The number of benzene rings is 1. The predicted octanol–water partition coefficient (Wildman–Crippen LogP) is 2.62. The van der Waals surface area contributed by atoms with Crippen LogP contribution in [0.1, 0.15) is 12.2 Å². The molecule has 1 aliphatic rings. The van der Waals surface area contributed by atoms with Gasteiger partial charge in [-0.25, -0.2) is 23.6 Å². The fraction of sp³-hybridized carbons (Fsp3) is 0.250. The molecule has 9 heteroatoms. The monoisotopic (exact) mass is 355 g/mol. The van der Waals surface area contributed by atoms with Crippen LogP contribution in [-0.4, -0.2) is 35.4 Å². The summed E-state index contributed by atoms with van der Waals surface area (Å²) < 4.78 is 16.7. The molecule has 0 saturated heterocycles. The highest BCUT2D eigenvalue weighted by Gasteiger charge is 2.21. The van der Waals surface area contributed by atoms with Crippen molar-refractivity contribution >= 4 is 21.4 Å². The topological polar surface area (TPSA) is 72.9 Å². The van der Waals surface area contributed by atoms with E-state index in [1.54, 1.807) is 23.0 Å². The Balaban J connectivity index is 1.35. The number of imidazole rings is 1. The van der Waals surface area contributed by atoms with E-state index in [-0.39, 0.29) is 11.9 Å². The lowest BCUT2D eigenvalue weighted by atomic mass is 10.1. The summed E-state index contributed by atoms with van der Waals surface area (Å²) in [5.74, 6) is 0.785. The van der Waals surface area contributed by atoms with Gasteiger partial charge in [0, 0.05) is 18.0 Å². The minimum absolute atomic E-state index is 0.252. The van der Waals surface area contributed by atoms with Crippen LogP contribution in [0.4, 0.5) is 9.52 Å². The van der Waals surface area contributed by atoms with Crippen molar-refractivity contribution < 1.29 is 4.39 Å². The minimum atomic E-state index is -0.252. The van der Waals surface area contributed by atoms with E-state index >= 15 is 0 Å². The smallest absolute Gasteiger partial charge is 0.214 e. The number of anilines is 1. The molecular formula is C16H14FN7S. The van der Waals surface area contributed by atoms with Gasteiger partial charge in [-0.2, -0.15) is 5.10 Å². The Morgan fingerprint density at radius 3 is 2.96 bits per heavy atom. The molecule has 1 aromatic carbocycles. The fourth-order valence-corrected chi connectivity index (χ4v) is 3.91. The molecule has 1 unspecified atom stereocenters. The second-order valence-electron chi connectivity index (χ2n) is 6.01. The number of rotatable bonds is 3. The van der Waals surface area contributed by atoms with Crippen LogP contribution < -0.4 is 5.32 Å². The molecule has 25 heavy (non-hydrogen) atoms. The molecule has 5 rings (SSSR count). The lowest BCUT2D eigenvalue weighted by molar-refractivity contribution is 0.441. The van der Waals surface area contributed by atoms with Gasteiger partial charge in [0.1, 0.15) is 18.0 Å². The summed E-state index contributed by atoms with van der Waals surface area (Å²) in [6.07, 6.45) is 5.38. The number of aromatic nitrogens is 6. The van der Waals surface area contributed by atoms with Crippen LogP contribution >= 0.6 is 11.3 Å². The van der Waals surface area contributed by atoms with E-state index in [9.17, 15) is 4.39 Å². The molecule has 7 nitrogen and oxygen atoms in total. The van der Waals surface area contributed by atoms with Crippen molar-refractivity contribution in [1.29, 1.82) is 0 Å². The Morgan fingerprint density at radius 2 is 2.12 bits per heavy atom. The Bertz CT molecular complexity index is 1000. The highest BCUT2D eigenvalue weighted by Crippen LogP contribution is 2.26. The van der Waals surface area contributed by atoms with Crippen LogP contribution in [-0.2, 0) is 13.0 Å². The number of fused-ring (bicyclic) bond motifs is 2. The summed E-state index contributed by atoms with van der Waals surface area (Å²) in [4.78, 5) is 9.63. The molecule has 4 aromatic rings. The molecule has 126 valence electrons. The number of nitrogens with one attached hydrogen (secondary N) is 1. The van der Waals surface area contributed by atoms with Crippen molar-refractivity contribution in [1.82, 2.24) is 29.4 Å². The molecule has 0 amide bonds. The summed E-state index contributed by atoms with van der Waals surface area (Å²) in [7, 11) is 0. The molecule has 0 spiro atoms. The van der Waals surface area contributed by atoms with Crippen molar-refractivity contribution in [2.24, 2.45) is 0 Å². The van der Waals surface area contributed by atoms with Crippen molar-refractivity contribution in [3.05, 3.63) is 48.4 Å². The SMILES string of the molecule is Fc1ccc(-c2cn3nc(NC4CCc5ncnn5C4)sc3n2)cc1. The molecule has 0 radical (unpaired) electrons. The van der Waals surface area contributed by atoms with Gasteiger partial charge in [-0.05, 0) is 30.7 Å². The summed E-state index contributed by atoms with van der Waals surface area (Å²) >= 11 is 1.50. The van der Waals surface area contributed by atoms with E-state index in [4.69, 9.17) is 0 Å². The van der Waals surface area contributed by atoms with E-state index in [1.165, 1.54) is 23.5 Å². The Labute approximate surface area is 146 Å². The van der Waals surface area contributed by atoms with Crippen molar-refractivity contribution in [3.8, 4) is 11.3 Å². The Kier molecular flexibility index (Phi) is 3.27. The van der Waals surface area contributed by atoms with Gasteiger partial charge >= 0.3 is 0 Å². The third-order valence-corrected chi connectivity index (χ3v) is 5.17. The molecule has 0 fully saturated rings. The lowest BCUT2D eigenvalue weighted by Gasteiger charge is -2.22. The number of nitrogens with zero attached hydrogens (tertiary/aromatic N) is 6. The zero-order valence-corrected chi connectivity index (χ0v) is 13.9. The van der Waals surface area contributed by atoms with Crippen LogP contribution in [0.2, 0.25) is 0 Å². The van der Waals surface area contributed by atoms with Crippen molar-refractivity contribution in [2.75, 3.05) is 5.32 Å². The fourth-order valence-electron chi connectivity index (χ4n) is 3.05. The molecule has 4 heterocycles. The second kappa shape index (κ2) is 5.62. The lowest BCUT2D eigenvalue weighted by Crippen LogP contribution is -2.31. The van der Waals surface area contributed by atoms with Gasteiger partial charge in [0.05, 0.1) is 18.4 Å². The van der Waals surface area contributed by atoms with Crippen molar-refractivity contribution in [3.63, 3.8) is 0 Å². The third-order valence-electron chi connectivity index (χ3n) is 4.32. The number of hydrogen-bond acceptors (Lipinski definition) is 6. The van der Waals surface area contributed by atoms with Crippen molar-refractivity contribution in [2.45, 2.75) is 25.4 Å². The molecule has 0 saturated carbocycles. The van der Waals surface area contributed by atoms with E-state index in [2.05, 4.69) is 25.5 Å². The first kappa shape index (κ1) is 14.5. The molecule has 1 N–H and O–H groups in total. The molecule has 3 aromatic heterocycles. The van der Waals surface area contributed by atoms with Gasteiger partial charge in [0.15, 0.2) is 0 Å². The maximum absolute atomic E-state index is 13.0. The molecule has 1 aliphatic heterocycles. The number of aryl methyl sites for hydroxylation is 1. The van der Waals surface area contributed by atoms with Crippen LogP contribution in [0.25, 0.3) is 16.2 Å². The second-order valence-corrected chi connectivity index (χ2v) is 6.96. The van der Waals surface area contributed by atoms with Gasteiger partial charge in [-0.15, -0.1) is 5.10 Å². The first-order valence-corrected chi connectivity index (χ1v) is 8.81. The van der Waals surface area contributed by atoms with Gasteiger partial charge < -0.3 is 5.32 Å². The largest absolute Gasteiger partial charge is 0.355 e. The summed E-state index contributed by atoms with van der Waals surface area (Å²) in [6.45, 7) is 0.790. The van der Waals surface area contributed by atoms with Crippen LogP contribution in [0.3, 0.4) is 0 Å². The first-order valence-electron chi connectivity index (χ1n) is 8.00. The van der Waals surface area contributed by atoms with E-state index in [1.807, 2.05) is 10.9 Å².